The zero-order chi connectivity index (χ0) is 18.8. The maximum Gasteiger partial charge on any atom is 0.257 e. The van der Waals surface area contributed by atoms with Gasteiger partial charge in [0.15, 0.2) is 5.13 Å². The maximum absolute atomic E-state index is 12.5. The van der Waals surface area contributed by atoms with Crippen molar-refractivity contribution in [3.63, 3.8) is 0 Å². The van der Waals surface area contributed by atoms with Crippen LogP contribution in [0.3, 0.4) is 0 Å². The largest absolute Gasteiger partial charge is 0.378 e. The van der Waals surface area contributed by atoms with Crippen molar-refractivity contribution in [3.8, 4) is 11.3 Å². The van der Waals surface area contributed by atoms with Crippen LogP contribution in [0.15, 0.2) is 41.8 Å². The van der Waals surface area contributed by atoms with Gasteiger partial charge in [-0.3, -0.25) is 10.1 Å². The van der Waals surface area contributed by atoms with Gasteiger partial charge in [-0.2, -0.15) is 0 Å². The predicted molar refractivity (Wildman–Crippen MR) is 110 cm³/mol. The van der Waals surface area contributed by atoms with Crippen molar-refractivity contribution >= 4 is 28.1 Å². The van der Waals surface area contributed by atoms with E-state index in [9.17, 15) is 4.79 Å². The molecule has 1 heterocycles. The third kappa shape index (κ3) is 3.78. The molecule has 0 saturated carbocycles. The lowest BCUT2D eigenvalue weighted by Gasteiger charge is -2.12. The van der Waals surface area contributed by atoms with E-state index in [0.717, 1.165) is 16.9 Å². The summed E-state index contributed by atoms with van der Waals surface area (Å²) in [6, 6.07) is 11.8. The van der Waals surface area contributed by atoms with E-state index in [2.05, 4.69) is 43.2 Å². The third-order valence-corrected chi connectivity index (χ3v) is 5.06. The molecule has 0 aliphatic rings. The lowest BCUT2D eigenvalue weighted by molar-refractivity contribution is 0.102. The zero-order valence-electron chi connectivity index (χ0n) is 15.8. The Bertz CT molecular complexity index is 919. The summed E-state index contributed by atoms with van der Waals surface area (Å²) in [7, 11) is 3.95. The molecule has 0 spiro atoms. The van der Waals surface area contributed by atoms with Gasteiger partial charge < -0.3 is 4.90 Å². The molecule has 0 fully saturated rings. The first-order valence-corrected chi connectivity index (χ1v) is 9.35. The number of anilines is 2. The van der Waals surface area contributed by atoms with E-state index in [0.29, 0.717) is 10.7 Å². The second-order valence-corrected chi connectivity index (χ2v) is 7.57. The van der Waals surface area contributed by atoms with Crippen LogP contribution in [0.25, 0.3) is 11.3 Å². The quantitative estimate of drug-likeness (QED) is 0.703. The highest BCUT2D eigenvalue weighted by molar-refractivity contribution is 7.14. The Balaban J connectivity index is 1.79. The molecule has 3 aromatic rings. The number of hydrogen-bond acceptors (Lipinski definition) is 4. The van der Waals surface area contributed by atoms with Crippen LogP contribution in [0.4, 0.5) is 10.8 Å². The summed E-state index contributed by atoms with van der Waals surface area (Å²) in [4.78, 5) is 19.1. The summed E-state index contributed by atoms with van der Waals surface area (Å²) in [5.74, 6) is -0.145. The molecule has 3 rings (SSSR count). The highest BCUT2D eigenvalue weighted by Crippen LogP contribution is 2.31. The Hall–Kier alpha value is -2.66. The van der Waals surface area contributed by atoms with Gasteiger partial charge in [0.25, 0.3) is 5.91 Å². The summed E-state index contributed by atoms with van der Waals surface area (Å²) in [5.41, 5.74) is 7.37. The Labute approximate surface area is 158 Å². The highest BCUT2D eigenvalue weighted by Gasteiger charge is 2.13. The van der Waals surface area contributed by atoms with Crippen LogP contribution in [0.2, 0.25) is 0 Å². The van der Waals surface area contributed by atoms with Crippen LogP contribution in [0.1, 0.15) is 27.0 Å². The van der Waals surface area contributed by atoms with Gasteiger partial charge in [-0.05, 0) is 56.2 Å². The minimum Gasteiger partial charge on any atom is -0.378 e. The van der Waals surface area contributed by atoms with Crippen molar-refractivity contribution in [2.45, 2.75) is 20.8 Å². The first-order valence-electron chi connectivity index (χ1n) is 8.47. The fraction of sp³-hybridized carbons (Fsp3) is 0.238. The SMILES string of the molecule is Cc1cc(C)c(-c2csc(NC(=O)c3ccc(N(C)C)cc3)n2)c(C)c1. The third-order valence-electron chi connectivity index (χ3n) is 4.30. The monoisotopic (exact) mass is 365 g/mol. The van der Waals surface area contributed by atoms with Crippen molar-refractivity contribution in [2.75, 3.05) is 24.3 Å². The van der Waals surface area contributed by atoms with Gasteiger partial charge in [0.05, 0.1) is 5.69 Å². The summed E-state index contributed by atoms with van der Waals surface area (Å²) >= 11 is 1.45. The van der Waals surface area contributed by atoms with Crippen LogP contribution >= 0.6 is 11.3 Å². The first-order chi connectivity index (χ1) is 12.3. The van der Waals surface area contributed by atoms with Gasteiger partial charge in [0.1, 0.15) is 0 Å². The average Bonchev–Trinajstić information content (AvgIpc) is 3.02. The molecule has 2 aromatic carbocycles. The fourth-order valence-corrected chi connectivity index (χ4v) is 3.81. The maximum atomic E-state index is 12.5. The number of benzene rings is 2. The number of carbonyl (C=O) groups is 1. The molecule has 1 aromatic heterocycles. The second-order valence-electron chi connectivity index (χ2n) is 6.71. The predicted octanol–water partition coefficient (Wildman–Crippen LogP) is 5.05. The molecular formula is C21H23N3OS. The molecule has 1 amide bonds. The normalized spacial score (nSPS) is 10.7. The van der Waals surface area contributed by atoms with Crippen molar-refractivity contribution in [2.24, 2.45) is 0 Å². The van der Waals surface area contributed by atoms with Gasteiger partial charge in [0, 0.05) is 36.3 Å². The molecule has 0 unspecified atom stereocenters. The number of nitrogens with one attached hydrogen (secondary N) is 1. The van der Waals surface area contributed by atoms with E-state index >= 15 is 0 Å². The minimum atomic E-state index is -0.145. The summed E-state index contributed by atoms with van der Waals surface area (Å²) in [5, 5.41) is 5.51. The van der Waals surface area contributed by atoms with Gasteiger partial charge in [-0.15, -0.1) is 11.3 Å². The summed E-state index contributed by atoms with van der Waals surface area (Å²) in [6.45, 7) is 6.29. The van der Waals surface area contributed by atoms with E-state index in [4.69, 9.17) is 0 Å². The van der Waals surface area contributed by atoms with Gasteiger partial charge in [0.2, 0.25) is 0 Å². The molecular weight excluding hydrogens is 342 g/mol. The van der Waals surface area contributed by atoms with E-state index in [1.807, 2.05) is 48.6 Å². The summed E-state index contributed by atoms with van der Waals surface area (Å²) in [6.07, 6.45) is 0. The van der Waals surface area contributed by atoms with Crippen molar-refractivity contribution < 1.29 is 4.79 Å². The molecule has 0 saturated heterocycles. The molecule has 0 aliphatic heterocycles. The van der Waals surface area contributed by atoms with Crippen LogP contribution in [0, 0.1) is 20.8 Å². The lowest BCUT2D eigenvalue weighted by Crippen LogP contribution is -2.13. The highest BCUT2D eigenvalue weighted by atomic mass is 32.1. The Morgan fingerprint density at radius 1 is 1.04 bits per heavy atom. The van der Waals surface area contributed by atoms with E-state index < -0.39 is 0 Å². The van der Waals surface area contributed by atoms with Crippen LogP contribution < -0.4 is 10.2 Å². The molecule has 0 aliphatic carbocycles. The Morgan fingerprint density at radius 2 is 1.65 bits per heavy atom. The van der Waals surface area contributed by atoms with Gasteiger partial charge in [-0.1, -0.05) is 17.7 Å². The van der Waals surface area contributed by atoms with E-state index in [1.165, 1.54) is 28.0 Å². The first kappa shape index (κ1) is 18.1. The van der Waals surface area contributed by atoms with E-state index in [-0.39, 0.29) is 5.91 Å². The number of aromatic nitrogens is 1. The number of nitrogens with zero attached hydrogens (tertiary/aromatic N) is 2. The van der Waals surface area contributed by atoms with Crippen LogP contribution in [-0.2, 0) is 0 Å². The second kappa shape index (κ2) is 7.30. The molecule has 5 heteroatoms. The lowest BCUT2D eigenvalue weighted by atomic mass is 9.98. The molecule has 4 nitrogen and oxygen atoms in total. The molecule has 0 bridgehead atoms. The van der Waals surface area contributed by atoms with Gasteiger partial charge >= 0.3 is 0 Å². The number of rotatable bonds is 4. The Kier molecular flexibility index (Phi) is 5.09. The van der Waals surface area contributed by atoms with Crippen LogP contribution in [0.5, 0.6) is 0 Å². The summed E-state index contributed by atoms with van der Waals surface area (Å²) < 4.78 is 0. The topological polar surface area (TPSA) is 45.2 Å². The van der Waals surface area contributed by atoms with Crippen molar-refractivity contribution in [1.82, 2.24) is 4.98 Å². The number of thiazole rings is 1. The van der Waals surface area contributed by atoms with Crippen molar-refractivity contribution in [1.29, 1.82) is 0 Å². The molecule has 0 radical (unpaired) electrons. The standard InChI is InChI=1S/C21H23N3OS/c1-13-10-14(2)19(15(3)11-13)18-12-26-21(22-18)23-20(25)16-6-8-17(9-7-16)24(4)5/h6-12H,1-5H3,(H,22,23,25). The molecule has 1 N–H and O–H groups in total. The van der Waals surface area contributed by atoms with E-state index in [1.54, 1.807) is 0 Å². The number of hydrogen-bond donors (Lipinski definition) is 1. The molecule has 26 heavy (non-hydrogen) atoms. The van der Waals surface area contributed by atoms with Crippen LogP contribution in [-0.4, -0.2) is 25.0 Å². The smallest absolute Gasteiger partial charge is 0.257 e. The number of carbonyl (C=O) groups excluding carboxylic acids is 1. The zero-order valence-corrected chi connectivity index (χ0v) is 16.6. The fourth-order valence-electron chi connectivity index (χ4n) is 3.11. The number of aryl methyl sites for hydroxylation is 3. The van der Waals surface area contributed by atoms with Crippen molar-refractivity contribution in [3.05, 3.63) is 64.0 Å². The minimum absolute atomic E-state index is 0.145. The van der Waals surface area contributed by atoms with Gasteiger partial charge in [-0.25, -0.2) is 4.98 Å². The molecule has 0 atom stereocenters. The molecule has 134 valence electrons. The Morgan fingerprint density at radius 3 is 2.23 bits per heavy atom. The average molecular weight is 366 g/mol. The number of amides is 1.